The van der Waals surface area contributed by atoms with Crippen LogP contribution in [0.25, 0.3) is 0 Å². The third-order valence-electron chi connectivity index (χ3n) is 6.65. The highest BCUT2D eigenvalue weighted by Crippen LogP contribution is 2.29. The highest BCUT2D eigenvalue weighted by atomic mass is 16.5. The Labute approximate surface area is 224 Å². The van der Waals surface area contributed by atoms with Gasteiger partial charge in [0.25, 0.3) is 0 Å². The Morgan fingerprint density at radius 1 is 1.08 bits per heavy atom. The lowest BCUT2D eigenvalue weighted by Gasteiger charge is -2.32. The molecule has 0 radical (unpaired) electrons. The number of ether oxygens (including phenoxy) is 3. The van der Waals surface area contributed by atoms with Gasteiger partial charge in [0.2, 0.25) is 5.91 Å². The standard InChI is InChI=1S/C29H38N4O5/c1-23-6-9-26(10-7-23)38-22-29(35)20-31(15-16-32(21-29)24(2)34)19-25-8-11-27(28(18-25)36-3)37-17-5-14-33-13-4-12-30-33/h4,6-13,18,35H,5,14-17,19-22H2,1-3H3/t29-/m1/s1. The number of hydrogen-bond acceptors (Lipinski definition) is 7. The van der Waals surface area contributed by atoms with E-state index in [9.17, 15) is 9.90 Å². The number of aryl methyl sites for hydroxylation is 2. The number of aliphatic hydroxyl groups is 1. The maximum atomic E-state index is 12.2. The average Bonchev–Trinajstić information content (AvgIpc) is 3.36. The van der Waals surface area contributed by atoms with Crippen molar-refractivity contribution in [3.05, 3.63) is 72.1 Å². The molecular weight excluding hydrogens is 484 g/mol. The van der Waals surface area contributed by atoms with E-state index in [1.165, 1.54) is 6.92 Å². The summed E-state index contributed by atoms with van der Waals surface area (Å²) in [5, 5.41) is 15.8. The van der Waals surface area contributed by atoms with Crippen molar-refractivity contribution >= 4 is 5.91 Å². The van der Waals surface area contributed by atoms with Gasteiger partial charge in [0, 0.05) is 58.5 Å². The molecule has 1 aliphatic rings. The van der Waals surface area contributed by atoms with Crippen molar-refractivity contribution in [3.63, 3.8) is 0 Å². The fraction of sp³-hybridized carbons (Fsp3) is 0.448. The molecule has 4 rings (SSSR count). The first-order valence-electron chi connectivity index (χ1n) is 13.0. The average molecular weight is 523 g/mol. The van der Waals surface area contributed by atoms with Crippen LogP contribution in [0, 0.1) is 6.92 Å². The smallest absolute Gasteiger partial charge is 0.219 e. The Morgan fingerprint density at radius 2 is 1.89 bits per heavy atom. The Hall–Kier alpha value is -3.56. The Balaban J connectivity index is 1.39. The topological polar surface area (TPSA) is 89.3 Å². The summed E-state index contributed by atoms with van der Waals surface area (Å²) in [4.78, 5) is 16.1. The molecular formula is C29H38N4O5. The lowest BCUT2D eigenvalue weighted by molar-refractivity contribution is -0.132. The number of nitrogens with zero attached hydrogens (tertiary/aromatic N) is 4. The number of rotatable bonds is 11. The molecule has 2 aromatic carbocycles. The second-order valence-electron chi connectivity index (χ2n) is 9.93. The van der Waals surface area contributed by atoms with Crippen LogP contribution in [0.5, 0.6) is 17.2 Å². The van der Waals surface area contributed by atoms with E-state index in [0.29, 0.717) is 50.0 Å². The summed E-state index contributed by atoms with van der Waals surface area (Å²) < 4.78 is 19.4. The minimum atomic E-state index is -1.21. The number of methoxy groups -OCH3 is 1. The molecule has 0 saturated carbocycles. The summed E-state index contributed by atoms with van der Waals surface area (Å²) in [7, 11) is 1.63. The van der Waals surface area contributed by atoms with Crippen molar-refractivity contribution in [2.75, 3.05) is 46.5 Å². The number of amides is 1. The first-order chi connectivity index (χ1) is 18.3. The second kappa shape index (κ2) is 12.8. The molecule has 1 aliphatic heterocycles. The zero-order valence-corrected chi connectivity index (χ0v) is 22.5. The van der Waals surface area contributed by atoms with Gasteiger partial charge in [0.05, 0.1) is 20.3 Å². The van der Waals surface area contributed by atoms with Gasteiger partial charge in [-0.3, -0.25) is 14.4 Å². The van der Waals surface area contributed by atoms with Crippen molar-refractivity contribution in [2.24, 2.45) is 0 Å². The SMILES string of the molecule is COc1cc(CN2CCN(C(C)=O)C[C@@](O)(COc3ccc(C)cc3)C2)ccc1OCCCn1cccn1. The molecule has 0 spiro atoms. The van der Waals surface area contributed by atoms with E-state index in [0.717, 1.165) is 24.1 Å². The van der Waals surface area contributed by atoms with Gasteiger partial charge in [-0.05, 0) is 42.8 Å². The molecule has 2 heterocycles. The van der Waals surface area contributed by atoms with Crippen LogP contribution in [-0.4, -0.2) is 82.7 Å². The first kappa shape index (κ1) is 27.5. The molecule has 3 aromatic rings. The summed E-state index contributed by atoms with van der Waals surface area (Å²) in [5.41, 5.74) is 0.957. The van der Waals surface area contributed by atoms with E-state index in [1.807, 2.05) is 66.3 Å². The molecule has 1 saturated heterocycles. The summed E-state index contributed by atoms with van der Waals surface area (Å²) in [6, 6.07) is 15.5. The molecule has 1 amide bonds. The van der Waals surface area contributed by atoms with E-state index < -0.39 is 5.60 Å². The molecule has 9 nitrogen and oxygen atoms in total. The van der Waals surface area contributed by atoms with Gasteiger partial charge in [0.15, 0.2) is 11.5 Å². The molecule has 1 fully saturated rings. The van der Waals surface area contributed by atoms with Crippen LogP contribution in [0.15, 0.2) is 60.9 Å². The van der Waals surface area contributed by atoms with Gasteiger partial charge in [-0.15, -0.1) is 0 Å². The normalized spacial score (nSPS) is 18.2. The number of β-amino-alcohol motifs (C(OH)–C–C–N with tert-alkyl or cyclic N) is 1. The van der Waals surface area contributed by atoms with Gasteiger partial charge >= 0.3 is 0 Å². The van der Waals surface area contributed by atoms with E-state index in [4.69, 9.17) is 14.2 Å². The third-order valence-corrected chi connectivity index (χ3v) is 6.65. The first-order valence-corrected chi connectivity index (χ1v) is 13.0. The molecule has 1 N–H and O–H groups in total. The van der Waals surface area contributed by atoms with Crippen LogP contribution in [0.2, 0.25) is 0 Å². The van der Waals surface area contributed by atoms with Crippen molar-refractivity contribution in [2.45, 2.75) is 39.0 Å². The van der Waals surface area contributed by atoms with E-state index in [2.05, 4.69) is 10.00 Å². The number of benzene rings is 2. The van der Waals surface area contributed by atoms with Crippen LogP contribution in [0.1, 0.15) is 24.5 Å². The molecule has 0 bridgehead atoms. The summed E-state index contributed by atoms with van der Waals surface area (Å²) >= 11 is 0. The summed E-state index contributed by atoms with van der Waals surface area (Å²) in [6.07, 6.45) is 4.53. The zero-order chi connectivity index (χ0) is 27.0. The second-order valence-corrected chi connectivity index (χ2v) is 9.93. The van der Waals surface area contributed by atoms with Crippen molar-refractivity contribution in [3.8, 4) is 17.2 Å². The largest absolute Gasteiger partial charge is 0.493 e. The molecule has 204 valence electrons. The third kappa shape index (κ3) is 7.72. The van der Waals surface area contributed by atoms with Crippen molar-refractivity contribution in [1.29, 1.82) is 0 Å². The molecule has 9 heteroatoms. The molecule has 0 aliphatic carbocycles. The lowest BCUT2D eigenvalue weighted by atomic mass is 10.0. The monoisotopic (exact) mass is 522 g/mol. The number of hydrogen-bond donors (Lipinski definition) is 1. The maximum absolute atomic E-state index is 12.2. The van der Waals surface area contributed by atoms with Gasteiger partial charge in [-0.25, -0.2) is 0 Å². The Morgan fingerprint density at radius 3 is 2.61 bits per heavy atom. The van der Waals surface area contributed by atoms with Gasteiger partial charge in [-0.2, -0.15) is 5.10 Å². The highest BCUT2D eigenvalue weighted by molar-refractivity contribution is 5.73. The molecule has 0 unspecified atom stereocenters. The fourth-order valence-corrected chi connectivity index (χ4v) is 4.62. The highest BCUT2D eigenvalue weighted by Gasteiger charge is 2.37. The van der Waals surface area contributed by atoms with Gasteiger partial charge in [0.1, 0.15) is 18.0 Å². The van der Waals surface area contributed by atoms with Crippen LogP contribution in [0.4, 0.5) is 0 Å². The lowest BCUT2D eigenvalue weighted by Crippen LogP contribution is -2.51. The number of carbonyl (C=O) groups is 1. The maximum Gasteiger partial charge on any atom is 0.219 e. The number of aromatic nitrogens is 2. The molecule has 38 heavy (non-hydrogen) atoms. The van der Waals surface area contributed by atoms with Crippen molar-refractivity contribution in [1.82, 2.24) is 19.6 Å². The predicted octanol–water partition coefficient (Wildman–Crippen LogP) is 3.14. The van der Waals surface area contributed by atoms with Gasteiger partial charge in [-0.1, -0.05) is 23.8 Å². The quantitative estimate of drug-likeness (QED) is 0.387. The Bertz CT molecular complexity index is 1170. The minimum absolute atomic E-state index is 0.0589. The molecule has 1 aromatic heterocycles. The van der Waals surface area contributed by atoms with E-state index in [1.54, 1.807) is 18.2 Å². The summed E-state index contributed by atoms with van der Waals surface area (Å²) in [5.74, 6) is 1.99. The van der Waals surface area contributed by atoms with E-state index >= 15 is 0 Å². The summed E-state index contributed by atoms with van der Waals surface area (Å²) in [6.45, 7) is 7.34. The van der Waals surface area contributed by atoms with E-state index in [-0.39, 0.29) is 19.1 Å². The van der Waals surface area contributed by atoms with Crippen LogP contribution >= 0.6 is 0 Å². The molecule has 1 atom stereocenters. The van der Waals surface area contributed by atoms with Crippen LogP contribution < -0.4 is 14.2 Å². The predicted molar refractivity (Wildman–Crippen MR) is 144 cm³/mol. The van der Waals surface area contributed by atoms with Crippen LogP contribution in [-0.2, 0) is 17.9 Å². The Kier molecular flexibility index (Phi) is 9.25. The van der Waals surface area contributed by atoms with Crippen molar-refractivity contribution < 1.29 is 24.1 Å². The fourth-order valence-electron chi connectivity index (χ4n) is 4.62. The van der Waals surface area contributed by atoms with Gasteiger partial charge < -0.3 is 24.2 Å². The minimum Gasteiger partial charge on any atom is -0.493 e. The number of carbonyl (C=O) groups excluding carboxylic acids is 1. The van der Waals surface area contributed by atoms with Crippen LogP contribution in [0.3, 0.4) is 0 Å². The zero-order valence-electron chi connectivity index (χ0n) is 22.5.